The van der Waals surface area contributed by atoms with E-state index < -0.39 is 6.10 Å². The maximum Gasteiger partial charge on any atom is 0.196 e. The third kappa shape index (κ3) is 2.72. The van der Waals surface area contributed by atoms with Crippen LogP contribution in [-0.4, -0.2) is 5.78 Å². The number of carbonyl (C=O) groups excluding carboxylic acids is 1. The van der Waals surface area contributed by atoms with E-state index in [4.69, 9.17) is 9.15 Å². The molecule has 3 aromatic carbocycles. The molecule has 0 amide bonds. The summed E-state index contributed by atoms with van der Waals surface area (Å²) in [6.07, 6.45) is 3.17. The Morgan fingerprint density at radius 2 is 1.64 bits per heavy atom. The van der Waals surface area contributed by atoms with E-state index in [1.54, 1.807) is 6.26 Å². The molecular weight excluding hydrogens is 348 g/mol. The highest BCUT2D eigenvalue weighted by atomic mass is 16.5. The van der Waals surface area contributed by atoms with Gasteiger partial charge in [0.05, 0.1) is 11.8 Å². The van der Waals surface area contributed by atoms with Crippen molar-refractivity contribution < 1.29 is 13.9 Å². The van der Waals surface area contributed by atoms with Gasteiger partial charge in [-0.2, -0.15) is 0 Å². The average Bonchev–Trinajstić information content (AvgIpc) is 3.10. The molecule has 0 bridgehead atoms. The molecule has 1 unspecified atom stereocenters. The highest BCUT2D eigenvalue weighted by Gasteiger charge is 2.33. The summed E-state index contributed by atoms with van der Waals surface area (Å²) >= 11 is 0. The average molecular weight is 366 g/mol. The van der Waals surface area contributed by atoms with E-state index in [0.29, 0.717) is 16.9 Å². The van der Waals surface area contributed by atoms with Crippen molar-refractivity contribution in [2.45, 2.75) is 13.0 Å². The number of hydrogen-bond acceptors (Lipinski definition) is 3. The highest BCUT2D eigenvalue weighted by molar-refractivity contribution is 6.16. The third-order valence-corrected chi connectivity index (χ3v) is 5.13. The predicted octanol–water partition coefficient (Wildman–Crippen LogP) is 6.14. The second kappa shape index (κ2) is 6.54. The van der Waals surface area contributed by atoms with Crippen LogP contribution in [0.1, 0.15) is 33.2 Å². The van der Waals surface area contributed by atoms with Crippen LogP contribution in [0.4, 0.5) is 0 Å². The quantitative estimate of drug-likeness (QED) is 0.400. The molecular formula is C25H18O3. The number of fused-ring (bicyclic) bond motifs is 2. The summed E-state index contributed by atoms with van der Waals surface area (Å²) in [6.45, 7) is 1.97. The zero-order chi connectivity index (χ0) is 19.1. The fraction of sp³-hybridized carbons (Fsp3) is 0.0800. The van der Waals surface area contributed by atoms with Crippen LogP contribution in [0.15, 0.2) is 89.0 Å². The van der Waals surface area contributed by atoms with Crippen LogP contribution in [0.25, 0.3) is 17.0 Å². The van der Waals surface area contributed by atoms with E-state index >= 15 is 0 Å². The van der Waals surface area contributed by atoms with E-state index in [1.807, 2.05) is 85.8 Å². The lowest BCUT2D eigenvalue weighted by Crippen LogP contribution is -2.23. The van der Waals surface area contributed by atoms with Gasteiger partial charge >= 0.3 is 0 Å². The molecule has 1 aliphatic rings. The van der Waals surface area contributed by atoms with Gasteiger partial charge in [0, 0.05) is 17.0 Å². The van der Waals surface area contributed by atoms with Crippen molar-refractivity contribution in [1.82, 2.24) is 0 Å². The molecule has 2 heterocycles. The molecule has 4 aromatic rings. The van der Waals surface area contributed by atoms with Crippen LogP contribution in [0.2, 0.25) is 0 Å². The number of rotatable bonds is 2. The Kier molecular flexibility index (Phi) is 3.87. The third-order valence-electron chi connectivity index (χ3n) is 5.13. The van der Waals surface area contributed by atoms with E-state index in [1.165, 1.54) is 0 Å². The molecule has 1 atom stereocenters. The van der Waals surface area contributed by atoms with E-state index in [9.17, 15) is 4.79 Å². The van der Waals surface area contributed by atoms with Gasteiger partial charge in [-0.25, -0.2) is 0 Å². The number of benzene rings is 3. The monoisotopic (exact) mass is 366 g/mol. The van der Waals surface area contributed by atoms with Gasteiger partial charge in [0.15, 0.2) is 11.9 Å². The Hall–Kier alpha value is -3.59. The van der Waals surface area contributed by atoms with E-state index in [2.05, 4.69) is 0 Å². The molecule has 3 nitrogen and oxygen atoms in total. The van der Waals surface area contributed by atoms with Crippen LogP contribution in [-0.2, 0) is 0 Å². The van der Waals surface area contributed by atoms with Gasteiger partial charge < -0.3 is 9.15 Å². The standard InChI is InChI=1S/C25H18O3/c1-16-15-27-22-14-23-20(13-19(16)22)24(26)21(12-17-8-4-2-5-9-17)25(28-23)18-10-6-3-7-11-18/h2-15,25H,1H3/b21-12+. The van der Waals surface area contributed by atoms with Gasteiger partial charge in [-0.15, -0.1) is 0 Å². The van der Waals surface area contributed by atoms with Gasteiger partial charge in [-0.1, -0.05) is 60.7 Å². The SMILES string of the molecule is Cc1coc2cc3c(cc12)C(=O)/C(=C\c1ccccc1)C(c1ccccc1)O3. The Labute approximate surface area is 162 Å². The summed E-state index contributed by atoms with van der Waals surface area (Å²) in [6, 6.07) is 23.4. The Bertz CT molecular complexity index is 1200. The van der Waals surface area contributed by atoms with Crippen molar-refractivity contribution in [3.8, 4) is 5.75 Å². The largest absolute Gasteiger partial charge is 0.480 e. The second-order valence-electron chi connectivity index (χ2n) is 7.01. The first-order valence-corrected chi connectivity index (χ1v) is 9.25. The molecule has 0 aliphatic carbocycles. The molecule has 1 aliphatic heterocycles. The number of furan rings is 1. The topological polar surface area (TPSA) is 39.4 Å². The molecule has 3 heteroatoms. The summed E-state index contributed by atoms with van der Waals surface area (Å²) in [5.41, 5.74) is 4.85. The molecule has 5 rings (SSSR count). The maximum atomic E-state index is 13.5. The van der Waals surface area contributed by atoms with Crippen molar-refractivity contribution in [2.24, 2.45) is 0 Å². The van der Waals surface area contributed by atoms with Gasteiger partial charge in [0.25, 0.3) is 0 Å². The predicted molar refractivity (Wildman–Crippen MR) is 110 cm³/mol. The van der Waals surface area contributed by atoms with Crippen LogP contribution >= 0.6 is 0 Å². The highest BCUT2D eigenvalue weighted by Crippen LogP contribution is 2.41. The summed E-state index contributed by atoms with van der Waals surface area (Å²) in [7, 11) is 0. The lowest BCUT2D eigenvalue weighted by atomic mass is 9.89. The smallest absolute Gasteiger partial charge is 0.196 e. The first-order chi connectivity index (χ1) is 13.7. The molecule has 0 saturated carbocycles. The minimum Gasteiger partial charge on any atom is -0.480 e. The normalized spacial score (nSPS) is 17.5. The summed E-state index contributed by atoms with van der Waals surface area (Å²) in [5, 5.41) is 0.938. The molecule has 0 radical (unpaired) electrons. The summed E-state index contributed by atoms with van der Waals surface area (Å²) in [4.78, 5) is 13.5. The molecule has 0 saturated heterocycles. The lowest BCUT2D eigenvalue weighted by Gasteiger charge is -2.28. The number of hydrogen-bond donors (Lipinski definition) is 0. The number of carbonyl (C=O) groups is 1. The van der Waals surface area contributed by atoms with Crippen molar-refractivity contribution in [3.05, 3.63) is 107 Å². The van der Waals surface area contributed by atoms with Crippen molar-refractivity contribution in [1.29, 1.82) is 0 Å². The fourth-order valence-corrected chi connectivity index (χ4v) is 3.67. The summed E-state index contributed by atoms with van der Waals surface area (Å²) < 4.78 is 11.9. The Balaban J connectivity index is 1.71. The molecule has 136 valence electrons. The van der Waals surface area contributed by atoms with Gasteiger partial charge in [0.2, 0.25) is 0 Å². The van der Waals surface area contributed by atoms with Crippen molar-refractivity contribution in [2.75, 3.05) is 0 Å². The van der Waals surface area contributed by atoms with Crippen LogP contribution in [0, 0.1) is 6.92 Å². The van der Waals surface area contributed by atoms with Gasteiger partial charge in [-0.05, 0) is 35.8 Å². The summed E-state index contributed by atoms with van der Waals surface area (Å²) in [5.74, 6) is 0.548. The number of ketones is 1. The lowest BCUT2D eigenvalue weighted by molar-refractivity contribution is 0.0964. The zero-order valence-electron chi connectivity index (χ0n) is 15.4. The molecule has 0 N–H and O–H groups in total. The number of aryl methyl sites for hydroxylation is 1. The minimum atomic E-state index is -0.463. The zero-order valence-corrected chi connectivity index (χ0v) is 15.4. The molecule has 0 spiro atoms. The maximum absolute atomic E-state index is 13.5. The van der Waals surface area contributed by atoms with Gasteiger partial charge in [0.1, 0.15) is 11.3 Å². The number of Topliss-reactive ketones (excluding diaryl/α,β-unsaturated/α-hetero) is 1. The van der Waals surface area contributed by atoms with Crippen LogP contribution in [0.5, 0.6) is 5.75 Å². The molecule has 0 fully saturated rings. The first kappa shape index (κ1) is 16.6. The minimum absolute atomic E-state index is 0.0125. The Morgan fingerprint density at radius 3 is 2.39 bits per heavy atom. The molecule has 1 aromatic heterocycles. The Morgan fingerprint density at radius 1 is 0.929 bits per heavy atom. The van der Waals surface area contributed by atoms with Gasteiger partial charge in [-0.3, -0.25) is 4.79 Å². The fourth-order valence-electron chi connectivity index (χ4n) is 3.67. The second-order valence-corrected chi connectivity index (χ2v) is 7.01. The van der Waals surface area contributed by atoms with E-state index in [0.717, 1.165) is 27.7 Å². The number of ether oxygens (including phenoxy) is 1. The van der Waals surface area contributed by atoms with Crippen LogP contribution in [0.3, 0.4) is 0 Å². The van der Waals surface area contributed by atoms with Crippen molar-refractivity contribution >= 4 is 22.8 Å². The van der Waals surface area contributed by atoms with Crippen LogP contribution < -0.4 is 4.74 Å². The first-order valence-electron chi connectivity index (χ1n) is 9.25. The van der Waals surface area contributed by atoms with Crippen molar-refractivity contribution in [3.63, 3.8) is 0 Å². The molecule has 28 heavy (non-hydrogen) atoms. The van der Waals surface area contributed by atoms with E-state index in [-0.39, 0.29) is 5.78 Å².